The molecule has 0 saturated heterocycles. The molecule has 8 nitrogen and oxygen atoms in total. The average Bonchev–Trinajstić information content (AvgIpc) is 3.08. The molecule has 0 aliphatic heterocycles. The Morgan fingerprint density at radius 3 is 2.58 bits per heavy atom. The topological polar surface area (TPSA) is 103 Å². The number of aromatic nitrogens is 5. The summed E-state index contributed by atoms with van der Waals surface area (Å²) in [5.41, 5.74) is 1.24. The molecule has 0 saturated carbocycles. The Kier molecular flexibility index (Phi) is 4.66. The Hall–Kier alpha value is -3.00. The zero-order chi connectivity index (χ0) is 16.9. The van der Waals surface area contributed by atoms with Crippen LogP contribution in [0.5, 0.6) is 11.6 Å². The summed E-state index contributed by atoms with van der Waals surface area (Å²) in [6.45, 7) is 1.99. The first-order valence-corrected chi connectivity index (χ1v) is 7.40. The molecule has 0 unspecified atom stereocenters. The summed E-state index contributed by atoms with van der Waals surface area (Å²) in [4.78, 5) is 11.8. The number of nitrogens with one attached hydrogen (secondary N) is 1. The van der Waals surface area contributed by atoms with Crippen molar-refractivity contribution in [3.8, 4) is 22.9 Å². The van der Waals surface area contributed by atoms with E-state index in [-0.39, 0.29) is 17.5 Å². The molecule has 0 aliphatic carbocycles. The lowest BCUT2D eigenvalue weighted by Crippen LogP contribution is -2.06. The number of aromatic amines is 1. The van der Waals surface area contributed by atoms with Crippen molar-refractivity contribution in [2.75, 3.05) is 6.61 Å². The predicted octanol–water partition coefficient (Wildman–Crippen LogP) is 2.88. The van der Waals surface area contributed by atoms with E-state index in [9.17, 15) is 4.79 Å². The fourth-order valence-corrected chi connectivity index (χ4v) is 2.03. The van der Waals surface area contributed by atoms with E-state index >= 15 is 0 Å². The highest BCUT2D eigenvalue weighted by atomic mass is 35.5. The smallest absolute Gasteiger partial charge is 0.361 e. The summed E-state index contributed by atoms with van der Waals surface area (Å²) in [5.74, 6) is 0.343. The largest absolute Gasteiger partial charge is 0.461 e. The molecule has 0 aliphatic rings. The average molecular weight is 346 g/mol. The molecule has 2 heterocycles. The zero-order valence-corrected chi connectivity index (χ0v) is 13.3. The number of H-pyrrole nitrogens is 1. The number of carbonyl (C=O) groups excluding carboxylic acids is 1. The predicted molar refractivity (Wildman–Crippen MR) is 84.9 cm³/mol. The van der Waals surface area contributed by atoms with Gasteiger partial charge in [0.15, 0.2) is 10.8 Å². The van der Waals surface area contributed by atoms with Gasteiger partial charge in [0.05, 0.1) is 6.61 Å². The maximum absolute atomic E-state index is 11.8. The van der Waals surface area contributed by atoms with E-state index in [1.807, 2.05) is 0 Å². The van der Waals surface area contributed by atoms with Gasteiger partial charge in [-0.15, -0.1) is 15.3 Å². The summed E-state index contributed by atoms with van der Waals surface area (Å²) >= 11 is 5.67. The van der Waals surface area contributed by atoms with Gasteiger partial charge in [-0.1, -0.05) is 11.6 Å². The van der Waals surface area contributed by atoms with Crippen molar-refractivity contribution < 1.29 is 14.3 Å². The van der Waals surface area contributed by atoms with Gasteiger partial charge in [0.1, 0.15) is 11.4 Å². The van der Waals surface area contributed by atoms with Crippen LogP contribution in [0.2, 0.25) is 5.15 Å². The maximum Gasteiger partial charge on any atom is 0.361 e. The van der Waals surface area contributed by atoms with Crippen molar-refractivity contribution in [2.24, 2.45) is 0 Å². The Balaban J connectivity index is 1.79. The highest BCUT2D eigenvalue weighted by Crippen LogP contribution is 2.25. The number of benzene rings is 1. The monoisotopic (exact) mass is 345 g/mol. The third-order valence-electron chi connectivity index (χ3n) is 2.97. The molecule has 0 bridgehead atoms. The van der Waals surface area contributed by atoms with Gasteiger partial charge in [-0.05, 0) is 37.3 Å². The highest BCUT2D eigenvalue weighted by Gasteiger charge is 2.18. The zero-order valence-electron chi connectivity index (χ0n) is 12.6. The minimum atomic E-state index is -0.530. The summed E-state index contributed by atoms with van der Waals surface area (Å²) < 4.78 is 10.5. The lowest BCUT2D eigenvalue weighted by atomic mass is 10.1. The molecule has 1 N–H and O–H groups in total. The first-order chi connectivity index (χ1) is 11.7. The molecule has 24 heavy (non-hydrogen) atoms. The van der Waals surface area contributed by atoms with Crippen molar-refractivity contribution in [1.29, 1.82) is 0 Å². The van der Waals surface area contributed by atoms with Crippen molar-refractivity contribution in [3.63, 3.8) is 0 Å². The number of ether oxygens (including phenoxy) is 2. The van der Waals surface area contributed by atoms with E-state index in [4.69, 9.17) is 21.1 Å². The quantitative estimate of drug-likeness (QED) is 0.709. The first-order valence-electron chi connectivity index (χ1n) is 7.02. The highest BCUT2D eigenvalue weighted by molar-refractivity contribution is 6.29. The molecule has 3 aromatic rings. The Morgan fingerprint density at radius 2 is 1.92 bits per heavy atom. The van der Waals surface area contributed by atoms with E-state index in [2.05, 4.69) is 25.6 Å². The summed E-state index contributed by atoms with van der Waals surface area (Å²) in [7, 11) is 0. The standard InChI is InChI=1S/C15H12ClN5O3/c1-2-23-15(22)14-13(19-21-20-14)9-3-5-10(6-4-9)24-12-8-7-11(16)17-18-12/h3-8H,2H2,1H3,(H,19,20,21). The van der Waals surface area contributed by atoms with Gasteiger partial charge >= 0.3 is 5.97 Å². The van der Waals surface area contributed by atoms with Crippen LogP contribution in [0.25, 0.3) is 11.3 Å². The number of carbonyl (C=O) groups is 1. The molecule has 0 radical (unpaired) electrons. The van der Waals surface area contributed by atoms with Gasteiger partial charge in [0.2, 0.25) is 5.88 Å². The lowest BCUT2D eigenvalue weighted by Gasteiger charge is -2.05. The van der Waals surface area contributed by atoms with Gasteiger partial charge in [-0.25, -0.2) is 4.79 Å². The second-order valence-corrected chi connectivity index (χ2v) is 4.95. The van der Waals surface area contributed by atoms with Gasteiger partial charge in [-0.2, -0.15) is 10.3 Å². The molecule has 0 spiro atoms. The van der Waals surface area contributed by atoms with E-state index in [0.717, 1.165) is 0 Å². The van der Waals surface area contributed by atoms with Crippen LogP contribution in [0.1, 0.15) is 17.4 Å². The van der Waals surface area contributed by atoms with Crippen molar-refractivity contribution in [2.45, 2.75) is 6.92 Å². The third kappa shape index (κ3) is 3.49. The fourth-order valence-electron chi connectivity index (χ4n) is 1.93. The Morgan fingerprint density at radius 1 is 1.12 bits per heavy atom. The number of hydrogen-bond donors (Lipinski definition) is 1. The van der Waals surface area contributed by atoms with Crippen LogP contribution in [0, 0.1) is 0 Å². The lowest BCUT2D eigenvalue weighted by molar-refractivity contribution is 0.0520. The second kappa shape index (κ2) is 7.05. The molecule has 2 aromatic heterocycles. The third-order valence-corrected chi connectivity index (χ3v) is 3.18. The number of hydrogen-bond acceptors (Lipinski definition) is 7. The molecule has 0 fully saturated rings. The van der Waals surface area contributed by atoms with Crippen LogP contribution in [0.4, 0.5) is 0 Å². The van der Waals surface area contributed by atoms with Crippen LogP contribution in [0.15, 0.2) is 36.4 Å². The summed E-state index contributed by atoms with van der Waals surface area (Å²) in [5, 5.41) is 18.1. The first kappa shape index (κ1) is 15.9. The maximum atomic E-state index is 11.8. The van der Waals surface area contributed by atoms with Crippen molar-refractivity contribution >= 4 is 17.6 Å². The van der Waals surface area contributed by atoms with Crippen LogP contribution >= 0.6 is 11.6 Å². The number of rotatable bonds is 5. The van der Waals surface area contributed by atoms with E-state index in [0.29, 0.717) is 22.9 Å². The molecule has 1 aromatic carbocycles. The van der Waals surface area contributed by atoms with Crippen molar-refractivity contribution in [1.82, 2.24) is 25.6 Å². The Bertz CT molecular complexity index is 833. The van der Waals surface area contributed by atoms with Gasteiger partial charge < -0.3 is 9.47 Å². The number of esters is 1. The molecular weight excluding hydrogens is 334 g/mol. The summed E-state index contributed by atoms with van der Waals surface area (Å²) in [6, 6.07) is 10.1. The van der Waals surface area contributed by atoms with Crippen LogP contribution < -0.4 is 4.74 Å². The minimum absolute atomic E-state index is 0.133. The molecule has 122 valence electrons. The molecule has 0 atom stereocenters. The molecule has 3 rings (SSSR count). The molecule has 0 amide bonds. The van der Waals surface area contributed by atoms with Gasteiger partial charge in [0, 0.05) is 11.6 Å². The normalized spacial score (nSPS) is 10.4. The molecule has 9 heteroatoms. The van der Waals surface area contributed by atoms with E-state index in [1.165, 1.54) is 0 Å². The van der Waals surface area contributed by atoms with Crippen LogP contribution in [-0.4, -0.2) is 38.2 Å². The minimum Gasteiger partial charge on any atom is -0.461 e. The number of halogens is 1. The van der Waals surface area contributed by atoms with E-state index in [1.54, 1.807) is 43.3 Å². The summed E-state index contributed by atoms with van der Waals surface area (Å²) in [6.07, 6.45) is 0. The van der Waals surface area contributed by atoms with Crippen molar-refractivity contribution in [3.05, 3.63) is 47.2 Å². The molecular formula is C15H12ClN5O3. The van der Waals surface area contributed by atoms with Crippen LogP contribution in [0.3, 0.4) is 0 Å². The number of nitrogens with zero attached hydrogens (tertiary/aromatic N) is 4. The van der Waals surface area contributed by atoms with E-state index < -0.39 is 5.97 Å². The second-order valence-electron chi connectivity index (χ2n) is 4.56. The van der Waals surface area contributed by atoms with Gasteiger partial charge in [0.25, 0.3) is 0 Å². The Labute approximate surface area is 141 Å². The van der Waals surface area contributed by atoms with Crippen LogP contribution in [-0.2, 0) is 4.74 Å². The fraction of sp³-hybridized carbons (Fsp3) is 0.133. The SMILES string of the molecule is CCOC(=O)c1n[nH]nc1-c1ccc(Oc2ccc(Cl)nn2)cc1. The van der Waals surface area contributed by atoms with Gasteiger partial charge in [-0.3, -0.25) is 0 Å².